The fourth-order valence-corrected chi connectivity index (χ4v) is 4.51. The highest BCUT2D eigenvalue weighted by Gasteiger charge is 2.46. The first kappa shape index (κ1) is 23.0. The number of imidazole rings is 1. The molecule has 1 N–H and O–H groups in total. The van der Waals surface area contributed by atoms with E-state index in [1.54, 1.807) is 66.3 Å². The Kier molecular flexibility index (Phi) is 6.08. The molecule has 0 spiro atoms. The van der Waals surface area contributed by atoms with Gasteiger partial charge in [-0.1, -0.05) is 36.9 Å². The number of benzene rings is 1. The molecule has 0 aliphatic carbocycles. The molecule has 1 aliphatic heterocycles. The Hall–Kier alpha value is -4.72. The van der Waals surface area contributed by atoms with Crippen molar-refractivity contribution in [3.63, 3.8) is 0 Å². The van der Waals surface area contributed by atoms with Gasteiger partial charge < -0.3 is 14.7 Å². The first-order valence-electron chi connectivity index (χ1n) is 11.4. The molecule has 8 nitrogen and oxygen atoms in total. The summed E-state index contributed by atoms with van der Waals surface area (Å²) < 4.78 is 7.30. The van der Waals surface area contributed by atoms with Crippen molar-refractivity contribution in [1.82, 2.24) is 19.3 Å². The summed E-state index contributed by atoms with van der Waals surface area (Å²) in [5.41, 5.74) is 2.99. The standard InChI is InChI=1S/C28H24N4O4/c1-3-15-36-21-11-9-20(10-12-21)25-23(26(33)24-18(2)30-22-8-4-5-14-31(22)24)27(34)28(35)32(25)17-19-7-6-13-29-16-19/h3-14,16,25,33H,1,15,17H2,2H3/b26-23+. The van der Waals surface area contributed by atoms with Gasteiger partial charge >= 0.3 is 0 Å². The van der Waals surface area contributed by atoms with Gasteiger partial charge in [-0.15, -0.1) is 0 Å². The number of hydrogen-bond acceptors (Lipinski definition) is 6. The largest absolute Gasteiger partial charge is 0.505 e. The van der Waals surface area contributed by atoms with Crippen molar-refractivity contribution in [2.24, 2.45) is 0 Å². The van der Waals surface area contributed by atoms with Gasteiger partial charge in [0.15, 0.2) is 5.76 Å². The maximum absolute atomic E-state index is 13.4. The Balaban J connectivity index is 1.66. The van der Waals surface area contributed by atoms with Crippen molar-refractivity contribution < 1.29 is 19.4 Å². The Morgan fingerprint density at radius 1 is 1.14 bits per heavy atom. The lowest BCUT2D eigenvalue weighted by molar-refractivity contribution is -0.140. The maximum atomic E-state index is 13.4. The van der Waals surface area contributed by atoms with Gasteiger partial charge in [0, 0.05) is 25.1 Å². The van der Waals surface area contributed by atoms with Crippen LogP contribution < -0.4 is 4.74 Å². The summed E-state index contributed by atoms with van der Waals surface area (Å²) in [6.45, 7) is 5.92. The van der Waals surface area contributed by atoms with E-state index in [0.717, 1.165) is 5.56 Å². The number of pyridine rings is 2. The zero-order valence-electron chi connectivity index (χ0n) is 19.7. The summed E-state index contributed by atoms with van der Waals surface area (Å²) in [5.74, 6) is -1.08. The smallest absolute Gasteiger partial charge is 0.295 e. The van der Waals surface area contributed by atoms with Gasteiger partial charge in [-0.3, -0.25) is 19.0 Å². The van der Waals surface area contributed by atoms with Crippen molar-refractivity contribution in [3.05, 3.63) is 114 Å². The highest BCUT2D eigenvalue weighted by atomic mass is 16.5. The molecule has 36 heavy (non-hydrogen) atoms. The van der Waals surface area contributed by atoms with Gasteiger partial charge in [-0.2, -0.15) is 0 Å². The molecule has 1 fully saturated rings. The first-order valence-corrected chi connectivity index (χ1v) is 11.4. The van der Waals surface area contributed by atoms with Crippen LogP contribution in [-0.4, -0.2) is 42.7 Å². The summed E-state index contributed by atoms with van der Waals surface area (Å²) in [5, 5.41) is 11.5. The molecule has 1 unspecified atom stereocenters. The number of aliphatic hydroxyl groups is 1. The molecule has 1 aliphatic rings. The number of aromatic nitrogens is 3. The number of rotatable bonds is 7. The van der Waals surface area contributed by atoms with E-state index >= 15 is 0 Å². The number of carbonyl (C=O) groups excluding carboxylic acids is 2. The van der Waals surface area contributed by atoms with Crippen LogP contribution in [0, 0.1) is 6.92 Å². The predicted molar refractivity (Wildman–Crippen MR) is 134 cm³/mol. The summed E-state index contributed by atoms with van der Waals surface area (Å²) in [6, 6.07) is 15.4. The first-order chi connectivity index (χ1) is 17.5. The van der Waals surface area contributed by atoms with E-state index in [4.69, 9.17) is 4.74 Å². The topological polar surface area (TPSA) is 97.0 Å². The zero-order valence-corrected chi connectivity index (χ0v) is 19.7. The van der Waals surface area contributed by atoms with Crippen LogP contribution in [-0.2, 0) is 16.1 Å². The second-order valence-electron chi connectivity index (χ2n) is 8.43. The van der Waals surface area contributed by atoms with Crippen LogP contribution in [0.15, 0.2) is 91.4 Å². The van der Waals surface area contributed by atoms with Crippen LogP contribution in [0.1, 0.15) is 28.6 Å². The molecule has 4 heterocycles. The summed E-state index contributed by atoms with van der Waals surface area (Å²) in [6.07, 6.45) is 6.70. The van der Waals surface area contributed by atoms with Gasteiger partial charge in [-0.25, -0.2) is 4.98 Å². The SMILES string of the molecule is C=CCOc1ccc(C2/C(=C(\O)c3c(C)nc4ccccn34)C(=O)C(=O)N2Cc2cccnc2)cc1. The van der Waals surface area contributed by atoms with E-state index in [0.29, 0.717) is 35.0 Å². The Labute approximate surface area is 207 Å². The van der Waals surface area contributed by atoms with Gasteiger partial charge in [0.05, 0.1) is 17.3 Å². The normalized spacial score (nSPS) is 17.0. The molecule has 8 heteroatoms. The Bertz CT molecular complexity index is 1490. The van der Waals surface area contributed by atoms with Gasteiger partial charge in [-0.05, 0) is 48.4 Å². The fourth-order valence-electron chi connectivity index (χ4n) is 4.51. The second-order valence-corrected chi connectivity index (χ2v) is 8.43. The molecule has 0 radical (unpaired) electrons. The van der Waals surface area contributed by atoms with Gasteiger partial charge in [0.1, 0.15) is 23.7 Å². The molecule has 1 aromatic carbocycles. The number of aryl methyl sites for hydroxylation is 1. The minimum Gasteiger partial charge on any atom is -0.505 e. The molecule has 0 bridgehead atoms. The number of aliphatic hydroxyl groups excluding tert-OH is 1. The summed E-state index contributed by atoms with van der Waals surface area (Å²) >= 11 is 0. The third kappa shape index (κ3) is 4.02. The molecular weight excluding hydrogens is 456 g/mol. The molecule has 4 aromatic rings. The summed E-state index contributed by atoms with van der Waals surface area (Å²) in [7, 11) is 0. The van der Waals surface area contributed by atoms with E-state index in [2.05, 4.69) is 16.5 Å². The van der Waals surface area contributed by atoms with E-state index in [9.17, 15) is 14.7 Å². The van der Waals surface area contributed by atoms with Crippen molar-refractivity contribution in [2.75, 3.05) is 6.61 Å². The number of likely N-dealkylation sites (tertiary alicyclic amines) is 1. The highest BCUT2D eigenvalue weighted by Crippen LogP contribution is 2.41. The lowest BCUT2D eigenvalue weighted by atomic mass is 9.96. The zero-order chi connectivity index (χ0) is 25.2. The van der Waals surface area contributed by atoms with E-state index in [1.807, 2.05) is 24.3 Å². The van der Waals surface area contributed by atoms with E-state index in [-0.39, 0.29) is 17.9 Å². The number of nitrogens with zero attached hydrogens (tertiary/aromatic N) is 4. The van der Waals surface area contributed by atoms with Crippen molar-refractivity contribution in [3.8, 4) is 5.75 Å². The van der Waals surface area contributed by atoms with Crippen LogP contribution in [0.2, 0.25) is 0 Å². The van der Waals surface area contributed by atoms with Crippen LogP contribution in [0.3, 0.4) is 0 Å². The molecule has 5 rings (SSSR count). The van der Waals surface area contributed by atoms with Gasteiger partial charge in [0.2, 0.25) is 0 Å². The van der Waals surface area contributed by atoms with E-state index in [1.165, 1.54) is 4.90 Å². The average molecular weight is 481 g/mol. The van der Waals surface area contributed by atoms with Crippen LogP contribution in [0.4, 0.5) is 0 Å². The lowest BCUT2D eigenvalue weighted by Gasteiger charge is -2.25. The highest BCUT2D eigenvalue weighted by molar-refractivity contribution is 6.46. The molecule has 1 atom stereocenters. The maximum Gasteiger partial charge on any atom is 0.295 e. The number of ether oxygens (including phenoxy) is 1. The van der Waals surface area contributed by atoms with Crippen molar-refractivity contribution in [2.45, 2.75) is 19.5 Å². The lowest BCUT2D eigenvalue weighted by Crippen LogP contribution is -2.29. The molecule has 1 saturated heterocycles. The average Bonchev–Trinajstić information content (AvgIpc) is 3.36. The van der Waals surface area contributed by atoms with Crippen LogP contribution in [0.25, 0.3) is 11.4 Å². The monoisotopic (exact) mass is 480 g/mol. The predicted octanol–water partition coefficient (Wildman–Crippen LogP) is 4.22. The molecular formula is C28H24N4O4. The Morgan fingerprint density at radius 2 is 1.94 bits per heavy atom. The van der Waals surface area contributed by atoms with Crippen LogP contribution in [0.5, 0.6) is 5.75 Å². The fraction of sp³-hybridized carbons (Fsp3) is 0.143. The number of carbonyl (C=O) groups is 2. The molecule has 0 saturated carbocycles. The number of ketones is 1. The minimum absolute atomic E-state index is 0.0115. The second kappa shape index (κ2) is 9.50. The van der Waals surface area contributed by atoms with E-state index < -0.39 is 17.7 Å². The number of Topliss-reactive ketones (excluding diaryl/α,β-unsaturated/α-hetero) is 1. The molecule has 180 valence electrons. The molecule has 1 amide bonds. The third-order valence-corrected chi connectivity index (χ3v) is 6.11. The van der Waals surface area contributed by atoms with Gasteiger partial charge in [0.25, 0.3) is 11.7 Å². The number of fused-ring (bicyclic) bond motifs is 1. The Morgan fingerprint density at radius 3 is 2.67 bits per heavy atom. The minimum atomic E-state index is -0.813. The van der Waals surface area contributed by atoms with Crippen LogP contribution >= 0.6 is 0 Å². The quantitative estimate of drug-likeness (QED) is 0.184. The third-order valence-electron chi connectivity index (χ3n) is 6.11. The number of amides is 1. The van der Waals surface area contributed by atoms with Crippen molar-refractivity contribution >= 4 is 23.1 Å². The number of hydrogen-bond donors (Lipinski definition) is 1. The molecule has 3 aromatic heterocycles. The summed E-state index contributed by atoms with van der Waals surface area (Å²) in [4.78, 5) is 36.8. The van der Waals surface area contributed by atoms with Crippen molar-refractivity contribution in [1.29, 1.82) is 0 Å².